The molecule has 6 nitrogen and oxygen atoms in total. The molecule has 2 aromatic carbocycles. The molecule has 0 fully saturated rings. The third-order valence-electron chi connectivity index (χ3n) is 4.15. The van der Waals surface area contributed by atoms with Gasteiger partial charge >= 0.3 is 0 Å². The second-order valence-corrected chi connectivity index (χ2v) is 5.79. The van der Waals surface area contributed by atoms with E-state index in [2.05, 4.69) is 22.4 Å². The maximum absolute atomic E-state index is 9.77. The summed E-state index contributed by atoms with van der Waals surface area (Å²) in [7, 11) is 0. The molecule has 0 bridgehead atoms. The van der Waals surface area contributed by atoms with Crippen LogP contribution in [-0.2, 0) is 0 Å². The average molecular weight is 307 g/mol. The Morgan fingerprint density at radius 2 is 2.04 bits per heavy atom. The predicted molar refractivity (Wildman–Crippen MR) is 89.8 cm³/mol. The van der Waals surface area contributed by atoms with Crippen molar-refractivity contribution in [3.05, 3.63) is 48.3 Å². The number of aromatic nitrogens is 3. The number of aromatic hydroxyl groups is 1. The van der Waals surface area contributed by atoms with Crippen LogP contribution >= 0.6 is 0 Å². The van der Waals surface area contributed by atoms with Gasteiger partial charge < -0.3 is 16.2 Å². The van der Waals surface area contributed by atoms with Gasteiger partial charge in [0, 0.05) is 29.8 Å². The monoisotopic (exact) mass is 307 g/mol. The van der Waals surface area contributed by atoms with Crippen LogP contribution in [0.5, 0.6) is 5.75 Å². The quantitative estimate of drug-likeness (QED) is 0.602. The van der Waals surface area contributed by atoms with Crippen LogP contribution in [0.25, 0.3) is 17.1 Å². The fraction of sp³-hybridized carbons (Fsp3) is 0.176. The summed E-state index contributed by atoms with van der Waals surface area (Å²) >= 11 is 0. The van der Waals surface area contributed by atoms with E-state index in [4.69, 9.17) is 5.73 Å². The van der Waals surface area contributed by atoms with Gasteiger partial charge in [0.2, 0.25) is 0 Å². The van der Waals surface area contributed by atoms with Crippen LogP contribution in [0.3, 0.4) is 0 Å². The molecule has 0 saturated heterocycles. The molecule has 1 atom stereocenters. The maximum atomic E-state index is 9.77. The van der Waals surface area contributed by atoms with E-state index in [-0.39, 0.29) is 11.7 Å². The Bertz CT molecular complexity index is 886. The first-order chi connectivity index (χ1) is 11.1. The highest BCUT2D eigenvalue weighted by atomic mass is 16.3. The SMILES string of the molecule is CC1CNc2cc(O)ccc2-n2c(-c3ccccc3N)nnc21. The van der Waals surface area contributed by atoms with Gasteiger partial charge in [-0.3, -0.25) is 4.57 Å². The van der Waals surface area contributed by atoms with Crippen molar-refractivity contribution in [2.75, 3.05) is 17.6 Å². The first-order valence-corrected chi connectivity index (χ1v) is 7.52. The van der Waals surface area contributed by atoms with E-state index in [0.29, 0.717) is 11.5 Å². The highest BCUT2D eigenvalue weighted by Gasteiger charge is 2.25. The van der Waals surface area contributed by atoms with Gasteiger partial charge in [-0.15, -0.1) is 10.2 Å². The number of fused-ring (bicyclic) bond motifs is 3. The molecule has 0 spiro atoms. The Balaban J connectivity index is 2.01. The van der Waals surface area contributed by atoms with E-state index in [1.165, 1.54) is 0 Å². The number of hydrogen-bond donors (Lipinski definition) is 3. The lowest BCUT2D eigenvalue weighted by molar-refractivity contribution is 0.475. The van der Waals surface area contributed by atoms with E-state index in [1.54, 1.807) is 12.1 Å². The van der Waals surface area contributed by atoms with Crippen molar-refractivity contribution in [2.24, 2.45) is 0 Å². The second kappa shape index (κ2) is 5.01. The lowest BCUT2D eigenvalue weighted by Crippen LogP contribution is -2.09. The number of hydrogen-bond acceptors (Lipinski definition) is 5. The summed E-state index contributed by atoms with van der Waals surface area (Å²) in [5.74, 6) is 1.98. The zero-order chi connectivity index (χ0) is 16.0. The minimum absolute atomic E-state index is 0.177. The molecule has 4 N–H and O–H groups in total. The maximum Gasteiger partial charge on any atom is 0.170 e. The summed E-state index contributed by atoms with van der Waals surface area (Å²) < 4.78 is 2.02. The molecule has 116 valence electrons. The summed E-state index contributed by atoms with van der Waals surface area (Å²) in [5, 5.41) is 21.9. The number of nitrogen functional groups attached to an aromatic ring is 1. The molecule has 1 aliphatic heterocycles. The molecular formula is C17H17N5O. The van der Waals surface area contributed by atoms with Crippen LogP contribution < -0.4 is 11.1 Å². The van der Waals surface area contributed by atoms with Crippen LogP contribution in [0.15, 0.2) is 42.5 Å². The van der Waals surface area contributed by atoms with Gasteiger partial charge in [0.15, 0.2) is 5.82 Å². The molecule has 1 aliphatic rings. The Labute approximate surface area is 133 Å². The van der Waals surface area contributed by atoms with Crippen molar-refractivity contribution in [1.82, 2.24) is 14.8 Å². The molecule has 1 aromatic heterocycles. The minimum atomic E-state index is 0.177. The van der Waals surface area contributed by atoms with Crippen molar-refractivity contribution in [3.63, 3.8) is 0 Å². The van der Waals surface area contributed by atoms with E-state index in [1.807, 2.05) is 34.9 Å². The molecule has 3 aromatic rings. The molecule has 23 heavy (non-hydrogen) atoms. The average Bonchev–Trinajstić information content (AvgIpc) is 2.92. The fourth-order valence-corrected chi connectivity index (χ4v) is 2.94. The fourth-order valence-electron chi connectivity index (χ4n) is 2.94. The Morgan fingerprint density at radius 1 is 1.22 bits per heavy atom. The van der Waals surface area contributed by atoms with Gasteiger partial charge in [0.05, 0.1) is 11.4 Å². The molecular weight excluding hydrogens is 290 g/mol. The third kappa shape index (κ3) is 2.11. The Morgan fingerprint density at radius 3 is 2.87 bits per heavy atom. The number of phenolic OH excluding ortho intramolecular Hbond substituents is 1. The van der Waals surface area contributed by atoms with Crippen LogP contribution in [0.4, 0.5) is 11.4 Å². The van der Waals surface area contributed by atoms with Crippen molar-refractivity contribution in [3.8, 4) is 22.8 Å². The highest BCUT2D eigenvalue weighted by Crippen LogP contribution is 2.36. The molecule has 0 aliphatic carbocycles. The van der Waals surface area contributed by atoms with Crippen molar-refractivity contribution >= 4 is 11.4 Å². The van der Waals surface area contributed by atoms with E-state index >= 15 is 0 Å². The number of nitrogens with one attached hydrogen (secondary N) is 1. The summed E-state index contributed by atoms with van der Waals surface area (Å²) in [6, 6.07) is 12.9. The van der Waals surface area contributed by atoms with Gasteiger partial charge in [-0.2, -0.15) is 0 Å². The molecule has 0 amide bonds. The zero-order valence-electron chi connectivity index (χ0n) is 12.7. The van der Waals surface area contributed by atoms with Crippen LogP contribution in [-0.4, -0.2) is 26.4 Å². The largest absolute Gasteiger partial charge is 0.508 e. The number of anilines is 2. The Kier molecular flexibility index (Phi) is 2.97. The molecule has 2 heterocycles. The molecule has 6 heteroatoms. The van der Waals surface area contributed by atoms with E-state index in [9.17, 15) is 5.11 Å². The van der Waals surface area contributed by atoms with Gasteiger partial charge in [0.25, 0.3) is 0 Å². The standard InChI is InChI=1S/C17H17N5O/c1-10-9-19-14-8-11(23)6-7-15(14)22-16(10)20-21-17(22)12-4-2-3-5-13(12)18/h2-8,10,19,23H,9,18H2,1H3. The predicted octanol–water partition coefficient (Wildman–Crippen LogP) is 2.75. The normalized spacial score (nSPS) is 16.1. The lowest BCUT2D eigenvalue weighted by atomic mass is 10.1. The topological polar surface area (TPSA) is 89.0 Å². The number of rotatable bonds is 1. The summed E-state index contributed by atoms with van der Waals surface area (Å²) in [6.07, 6.45) is 0. The summed E-state index contributed by atoms with van der Waals surface area (Å²) in [6.45, 7) is 2.82. The van der Waals surface area contributed by atoms with Crippen LogP contribution in [0.2, 0.25) is 0 Å². The number of benzene rings is 2. The molecule has 0 radical (unpaired) electrons. The number of nitrogens with zero attached hydrogens (tertiary/aromatic N) is 3. The van der Waals surface area contributed by atoms with Crippen LogP contribution in [0.1, 0.15) is 18.7 Å². The third-order valence-corrected chi connectivity index (χ3v) is 4.15. The van der Waals surface area contributed by atoms with Gasteiger partial charge in [-0.25, -0.2) is 0 Å². The zero-order valence-corrected chi connectivity index (χ0v) is 12.7. The Hall–Kier alpha value is -3.02. The smallest absolute Gasteiger partial charge is 0.170 e. The van der Waals surface area contributed by atoms with Crippen molar-refractivity contribution in [1.29, 1.82) is 0 Å². The summed E-state index contributed by atoms with van der Waals surface area (Å²) in [5.41, 5.74) is 9.39. The van der Waals surface area contributed by atoms with Crippen LogP contribution in [0, 0.1) is 0 Å². The first-order valence-electron chi connectivity index (χ1n) is 7.52. The summed E-state index contributed by atoms with van der Waals surface area (Å²) in [4.78, 5) is 0. The van der Waals surface area contributed by atoms with E-state index in [0.717, 1.165) is 29.3 Å². The second-order valence-electron chi connectivity index (χ2n) is 5.79. The van der Waals surface area contributed by atoms with Crippen molar-refractivity contribution in [2.45, 2.75) is 12.8 Å². The number of para-hydroxylation sites is 1. The number of phenols is 1. The molecule has 4 rings (SSSR count). The highest BCUT2D eigenvalue weighted by molar-refractivity contribution is 5.75. The molecule has 1 unspecified atom stereocenters. The molecule has 0 saturated carbocycles. The van der Waals surface area contributed by atoms with E-state index < -0.39 is 0 Å². The van der Waals surface area contributed by atoms with Crippen molar-refractivity contribution < 1.29 is 5.11 Å². The minimum Gasteiger partial charge on any atom is -0.508 e. The van der Waals surface area contributed by atoms with Gasteiger partial charge in [-0.05, 0) is 24.3 Å². The lowest BCUT2D eigenvalue weighted by Gasteiger charge is -2.13. The van der Waals surface area contributed by atoms with Gasteiger partial charge in [-0.1, -0.05) is 19.1 Å². The van der Waals surface area contributed by atoms with Gasteiger partial charge in [0.1, 0.15) is 11.6 Å². The first kappa shape index (κ1) is 13.6. The number of nitrogens with two attached hydrogens (primary N) is 1.